The molecule has 0 unspecified atom stereocenters. The minimum absolute atomic E-state index is 0.0293. The first-order valence-corrected chi connectivity index (χ1v) is 6.58. The van der Waals surface area contributed by atoms with E-state index in [1.165, 1.54) is 0 Å². The second kappa shape index (κ2) is 5.85. The Morgan fingerprint density at radius 1 is 1.30 bits per heavy atom. The normalized spacial score (nSPS) is 15.7. The van der Waals surface area contributed by atoms with Crippen molar-refractivity contribution in [2.24, 2.45) is 0 Å². The molecule has 2 N–H and O–H groups in total. The molecule has 1 aliphatic heterocycles. The van der Waals surface area contributed by atoms with Crippen molar-refractivity contribution in [1.29, 1.82) is 0 Å². The topological polar surface area (TPSA) is 95.2 Å². The molecule has 0 aliphatic carbocycles. The third-order valence-electron chi connectivity index (χ3n) is 3.45. The average molecular weight is 278 g/mol. The molecule has 1 saturated heterocycles. The van der Waals surface area contributed by atoms with Gasteiger partial charge in [-0.25, -0.2) is 4.79 Å². The van der Waals surface area contributed by atoms with Gasteiger partial charge in [-0.1, -0.05) is 0 Å². The Bertz CT molecular complexity index is 568. The number of carbonyl (C=O) groups excluding carboxylic acids is 2. The lowest BCUT2D eigenvalue weighted by molar-refractivity contribution is -0.130. The lowest BCUT2D eigenvalue weighted by Crippen LogP contribution is -2.35. The van der Waals surface area contributed by atoms with Gasteiger partial charge in [-0.3, -0.25) is 9.59 Å². The molecule has 0 saturated carbocycles. The zero-order valence-electron chi connectivity index (χ0n) is 11.7. The lowest BCUT2D eigenvalue weighted by atomic mass is 10.1. The van der Waals surface area contributed by atoms with Crippen LogP contribution in [0.1, 0.15) is 23.4 Å². The number of rotatable bonds is 2. The number of hydrogen-bond acceptors (Lipinski definition) is 4. The summed E-state index contributed by atoms with van der Waals surface area (Å²) in [5, 5.41) is 2.73. The molecule has 1 aromatic heterocycles. The molecule has 1 aromatic rings. The minimum Gasteiger partial charge on any atom is -0.354 e. The Kier molecular flexibility index (Phi) is 4.16. The standard InChI is InChI=1S/C13H18N4O3/c1-8-10(9(2)16-13(20)15-8)7-12(19)17-5-3-11(18)14-4-6-17/h3-7H2,1-2H3,(H,14,18)(H,15,16,20). The number of amides is 2. The van der Waals surface area contributed by atoms with E-state index in [-0.39, 0.29) is 18.2 Å². The molecule has 108 valence electrons. The maximum atomic E-state index is 12.3. The van der Waals surface area contributed by atoms with Crippen molar-refractivity contribution < 1.29 is 9.59 Å². The van der Waals surface area contributed by atoms with Gasteiger partial charge in [0.05, 0.1) is 6.42 Å². The highest BCUT2D eigenvalue weighted by atomic mass is 16.2. The van der Waals surface area contributed by atoms with Crippen LogP contribution in [0.15, 0.2) is 4.79 Å². The van der Waals surface area contributed by atoms with E-state index in [1.54, 1.807) is 18.7 Å². The van der Waals surface area contributed by atoms with Crippen molar-refractivity contribution in [2.45, 2.75) is 26.7 Å². The zero-order valence-corrected chi connectivity index (χ0v) is 11.7. The molecule has 0 radical (unpaired) electrons. The Balaban J connectivity index is 2.11. The van der Waals surface area contributed by atoms with Crippen LogP contribution in [-0.4, -0.2) is 46.3 Å². The van der Waals surface area contributed by atoms with Gasteiger partial charge in [0.25, 0.3) is 0 Å². The van der Waals surface area contributed by atoms with Crippen molar-refractivity contribution in [3.63, 3.8) is 0 Å². The van der Waals surface area contributed by atoms with E-state index in [0.29, 0.717) is 37.4 Å². The predicted octanol–water partition coefficient (Wildman–Crippen LogP) is -0.722. The number of H-pyrrole nitrogens is 1. The van der Waals surface area contributed by atoms with Crippen LogP contribution in [0.5, 0.6) is 0 Å². The van der Waals surface area contributed by atoms with Crippen molar-refractivity contribution >= 4 is 11.8 Å². The van der Waals surface area contributed by atoms with Gasteiger partial charge in [-0.05, 0) is 13.8 Å². The molecule has 0 aromatic carbocycles. The third kappa shape index (κ3) is 3.23. The molecular weight excluding hydrogens is 260 g/mol. The highest BCUT2D eigenvalue weighted by Crippen LogP contribution is 2.10. The summed E-state index contributed by atoms with van der Waals surface area (Å²) in [6.07, 6.45) is 0.517. The first-order valence-electron chi connectivity index (χ1n) is 6.58. The SMILES string of the molecule is Cc1nc(=O)[nH]c(C)c1CC(=O)N1CCNC(=O)CC1. The van der Waals surface area contributed by atoms with E-state index < -0.39 is 5.69 Å². The first kappa shape index (κ1) is 14.2. The second-order valence-electron chi connectivity index (χ2n) is 4.89. The van der Waals surface area contributed by atoms with Gasteiger partial charge in [0.15, 0.2) is 0 Å². The summed E-state index contributed by atoms with van der Waals surface area (Å²) in [5.41, 5.74) is 1.59. The maximum Gasteiger partial charge on any atom is 0.345 e. The Labute approximate surface area is 116 Å². The Morgan fingerprint density at radius 3 is 2.75 bits per heavy atom. The highest BCUT2D eigenvalue weighted by molar-refractivity contribution is 5.81. The number of hydrogen-bond donors (Lipinski definition) is 2. The van der Waals surface area contributed by atoms with E-state index in [2.05, 4.69) is 15.3 Å². The predicted molar refractivity (Wildman–Crippen MR) is 72.2 cm³/mol. The van der Waals surface area contributed by atoms with Crippen molar-refractivity contribution in [1.82, 2.24) is 20.2 Å². The molecule has 2 heterocycles. The molecular formula is C13H18N4O3. The van der Waals surface area contributed by atoms with Crippen LogP contribution in [-0.2, 0) is 16.0 Å². The number of nitrogens with zero attached hydrogens (tertiary/aromatic N) is 2. The van der Waals surface area contributed by atoms with Gasteiger partial charge in [0.2, 0.25) is 11.8 Å². The van der Waals surface area contributed by atoms with Gasteiger partial charge < -0.3 is 15.2 Å². The fourth-order valence-electron chi connectivity index (χ4n) is 2.29. The molecule has 1 aliphatic rings. The van der Waals surface area contributed by atoms with Gasteiger partial charge in [0, 0.05) is 43.0 Å². The summed E-state index contributed by atoms with van der Waals surface area (Å²) in [4.78, 5) is 42.9. The van der Waals surface area contributed by atoms with Crippen LogP contribution in [0.2, 0.25) is 0 Å². The van der Waals surface area contributed by atoms with Crippen LogP contribution < -0.4 is 11.0 Å². The van der Waals surface area contributed by atoms with Crippen LogP contribution in [0, 0.1) is 13.8 Å². The summed E-state index contributed by atoms with van der Waals surface area (Å²) in [6.45, 7) is 4.90. The van der Waals surface area contributed by atoms with Gasteiger partial charge in [0.1, 0.15) is 0 Å². The number of carbonyl (C=O) groups is 2. The molecule has 0 bridgehead atoms. The van der Waals surface area contributed by atoms with Crippen molar-refractivity contribution in [3.05, 3.63) is 27.4 Å². The summed E-state index contributed by atoms with van der Waals surface area (Å²) >= 11 is 0. The zero-order chi connectivity index (χ0) is 14.7. The number of aryl methyl sites for hydroxylation is 2. The van der Waals surface area contributed by atoms with Crippen molar-refractivity contribution in [3.8, 4) is 0 Å². The maximum absolute atomic E-state index is 12.3. The Morgan fingerprint density at radius 2 is 2.05 bits per heavy atom. The number of nitrogens with one attached hydrogen (secondary N) is 2. The molecule has 0 atom stereocenters. The first-order chi connectivity index (χ1) is 9.47. The van der Waals surface area contributed by atoms with Crippen LogP contribution in [0.25, 0.3) is 0 Å². The van der Waals surface area contributed by atoms with Gasteiger partial charge >= 0.3 is 5.69 Å². The van der Waals surface area contributed by atoms with Crippen molar-refractivity contribution in [2.75, 3.05) is 19.6 Å². The highest BCUT2D eigenvalue weighted by Gasteiger charge is 2.20. The van der Waals surface area contributed by atoms with Crippen LogP contribution in [0.3, 0.4) is 0 Å². The fourth-order valence-corrected chi connectivity index (χ4v) is 2.29. The van der Waals surface area contributed by atoms with E-state index in [1.807, 2.05) is 0 Å². The average Bonchev–Trinajstić information content (AvgIpc) is 2.58. The molecule has 2 amide bonds. The van der Waals surface area contributed by atoms with Crippen LogP contribution in [0.4, 0.5) is 0 Å². The second-order valence-corrected chi connectivity index (χ2v) is 4.89. The molecule has 1 fully saturated rings. The molecule has 20 heavy (non-hydrogen) atoms. The monoisotopic (exact) mass is 278 g/mol. The Hall–Kier alpha value is -2.18. The molecule has 0 spiro atoms. The smallest absolute Gasteiger partial charge is 0.345 e. The third-order valence-corrected chi connectivity index (χ3v) is 3.45. The van der Waals surface area contributed by atoms with E-state index in [9.17, 15) is 14.4 Å². The molecule has 7 nitrogen and oxygen atoms in total. The summed E-state index contributed by atoms with van der Waals surface area (Å²) in [6, 6.07) is 0. The van der Waals surface area contributed by atoms with E-state index >= 15 is 0 Å². The van der Waals surface area contributed by atoms with E-state index in [4.69, 9.17) is 0 Å². The quantitative estimate of drug-likeness (QED) is 0.746. The number of aromatic nitrogens is 2. The molecule has 2 rings (SSSR count). The largest absolute Gasteiger partial charge is 0.354 e. The van der Waals surface area contributed by atoms with Gasteiger partial charge in [-0.15, -0.1) is 0 Å². The fraction of sp³-hybridized carbons (Fsp3) is 0.538. The summed E-state index contributed by atoms with van der Waals surface area (Å²) in [7, 11) is 0. The van der Waals surface area contributed by atoms with E-state index in [0.717, 1.165) is 5.56 Å². The van der Waals surface area contributed by atoms with Gasteiger partial charge in [-0.2, -0.15) is 4.98 Å². The minimum atomic E-state index is -0.402. The van der Waals surface area contributed by atoms with Crippen LogP contribution >= 0.6 is 0 Å². The molecule has 7 heteroatoms. The summed E-state index contributed by atoms with van der Waals surface area (Å²) < 4.78 is 0. The summed E-state index contributed by atoms with van der Waals surface area (Å²) in [5.74, 6) is -0.0834. The lowest BCUT2D eigenvalue weighted by Gasteiger charge is -2.20. The number of aromatic amines is 1.